The number of cyclic esters (lactones) is 1. The Kier molecular flexibility index (Phi) is 16.8. The van der Waals surface area contributed by atoms with Crippen LogP contribution in [0.5, 0.6) is 5.75 Å². The number of thiazole rings is 1. The maximum absolute atomic E-state index is 15.3. The van der Waals surface area contributed by atoms with Gasteiger partial charge in [0.15, 0.2) is 18.4 Å². The third-order valence-corrected chi connectivity index (χ3v) is 16.3. The number of allylic oxidation sites excluding steroid dienone is 2. The van der Waals surface area contributed by atoms with Crippen LogP contribution in [0.2, 0.25) is 0 Å². The number of fused-ring (bicyclic) bond motifs is 8. The van der Waals surface area contributed by atoms with Crippen LogP contribution in [0.1, 0.15) is 115 Å². The smallest absolute Gasteiger partial charge is 0.306 e. The molecule has 3 fully saturated rings. The van der Waals surface area contributed by atoms with Crippen LogP contribution in [0, 0.1) is 23.7 Å². The van der Waals surface area contributed by atoms with Gasteiger partial charge in [-0.15, -0.1) is 11.3 Å². The average Bonchev–Trinajstić information content (AvgIpc) is 4.02. The average molecular weight is 911 g/mol. The van der Waals surface area contributed by atoms with E-state index in [2.05, 4.69) is 38.9 Å². The number of benzene rings is 1. The van der Waals surface area contributed by atoms with Crippen molar-refractivity contribution in [2.75, 3.05) is 49.1 Å². The number of nitrogens with zero attached hydrogens (tertiary/aromatic N) is 2. The van der Waals surface area contributed by atoms with Crippen LogP contribution in [-0.2, 0) is 47.5 Å². The van der Waals surface area contributed by atoms with E-state index in [0.29, 0.717) is 31.1 Å². The van der Waals surface area contributed by atoms with Gasteiger partial charge < -0.3 is 47.5 Å². The van der Waals surface area contributed by atoms with Crippen LogP contribution >= 0.6 is 11.3 Å². The Balaban J connectivity index is 1.25. The number of likely N-dealkylation sites (N-methyl/N-ethyl adjacent to an activating group) is 1. The number of ketones is 1. The van der Waals surface area contributed by atoms with Gasteiger partial charge in [0, 0.05) is 61.5 Å². The Bertz CT molecular complexity index is 1890. The molecule has 356 valence electrons. The zero-order chi connectivity index (χ0) is 45.8. The fourth-order valence-electron chi connectivity index (χ4n) is 11.1. The maximum Gasteiger partial charge on any atom is 0.306 e. The SMILES string of the molecule is CC[C@H]1CCC[C@H](O[C@H]2CC[C@H](N(C)C)C(C)O2)[C@@H](C)C(=O)C2=C[C@H]3[C@@H]4C[C@H](OC(OC(C)[C@@H](C)OC)[C@H](COC)OC)C[C@H]4c4sc(-c5ccc(OC)cc5)nc4[C@H]3[C@@H]2CC(=O)O1. The summed E-state index contributed by atoms with van der Waals surface area (Å²) in [6, 6.07) is 8.31. The highest BCUT2D eigenvalue weighted by molar-refractivity contribution is 7.15. The topological polar surface area (TPSA) is 133 Å². The predicted molar refractivity (Wildman–Crippen MR) is 244 cm³/mol. The lowest BCUT2D eigenvalue weighted by Crippen LogP contribution is -2.47. The van der Waals surface area contributed by atoms with Gasteiger partial charge in [0.1, 0.15) is 23.0 Å². The third kappa shape index (κ3) is 10.7. The van der Waals surface area contributed by atoms with Crippen molar-refractivity contribution in [3.63, 3.8) is 0 Å². The number of Topliss-reactive ketones (excluding diaryl/α,β-unsaturated/α-hetero) is 1. The van der Waals surface area contributed by atoms with Crippen molar-refractivity contribution in [1.82, 2.24) is 9.88 Å². The Morgan fingerprint density at radius 2 is 1.70 bits per heavy atom. The number of ether oxygens (including phenoxy) is 9. The fraction of sp³-hybridized carbons (Fsp3) is 0.740. The van der Waals surface area contributed by atoms with E-state index in [0.717, 1.165) is 60.5 Å². The summed E-state index contributed by atoms with van der Waals surface area (Å²) < 4.78 is 55.6. The zero-order valence-electron chi connectivity index (χ0n) is 40.0. The summed E-state index contributed by atoms with van der Waals surface area (Å²) >= 11 is 1.71. The van der Waals surface area contributed by atoms with Gasteiger partial charge in [0.05, 0.1) is 56.4 Å². The summed E-state index contributed by atoms with van der Waals surface area (Å²) in [6.07, 6.45) is 5.61. The van der Waals surface area contributed by atoms with Crippen LogP contribution in [0.25, 0.3) is 10.6 Å². The molecule has 0 amide bonds. The van der Waals surface area contributed by atoms with Crippen molar-refractivity contribution in [3.8, 4) is 16.3 Å². The van der Waals surface area contributed by atoms with Crippen molar-refractivity contribution in [2.24, 2.45) is 23.7 Å². The quantitative estimate of drug-likeness (QED) is 0.118. The van der Waals surface area contributed by atoms with Crippen molar-refractivity contribution in [2.45, 2.75) is 166 Å². The first kappa shape index (κ1) is 49.1. The van der Waals surface area contributed by atoms with E-state index >= 15 is 4.79 Å². The molecule has 7 rings (SSSR count). The first-order valence-electron chi connectivity index (χ1n) is 23.7. The highest BCUT2D eigenvalue weighted by Crippen LogP contribution is 2.63. The van der Waals surface area contributed by atoms with Crippen LogP contribution in [0.3, 0.4) is 0 Å². The number of carbonyl (C=O) groups is 2. The molecule has 1 aromatic carbocycles. The fourth-order valence-corrected chi connectivity index (χ4v) is 12.5. The number of esters is 1. The van der Waals surface area contributed by atoms with Crippen LogP contribution in [-0.4, -0.2) is 132 Å². The molecule has 64 heavy (non-hydrogen) atoms. The molecule has 2 aromatic rings. The molecule has 2 aliphatic heterocycles. The van der Waals surface area contributed by atoms with E-state index in [1.54, 1.807) is 39.8 Å². The first-order valence-corrected chi connectivity index (χ1v) is 24.5. The molecule has 0 N–H and O–H groups in total. The van der Waals surface area contributed by atoms with Gasteiger partial charge in [-0.3, -0.25) is 9.59 Å². The highest BCUT2D eigenvalue weighted by Gasteiger charge is 2.56. The lowest BCUT2D eigenvalue weighted by Gasteiger charge is -2.40. The molecule has 2 saturated heterocycles. The van der Waals surface area contributed by atoms with Gasteiger partial charge in [0.2, 0.25) is 0 Å². The maximum atomic E-state index is 15.3. The van der Waals surface area contributed by atoms with Gasteiger partial charge in [0.25, 0.3) is 0 Å². The van der Waals surface area contributed by atoms with Crippen molar-refractivity contribution in [1.29, 1.82) is 0 Å². The largest absolute Gasteiger partial charge is 0.497 e. The van der Waals surface area contributed by atoms with Crippen LogP contribution in [0.15, 0.2) is 35.9 Å². The summed E-state index contributed by atoms with van der Waals surface area (Å²) in [5.74, 6) is -0.326. The molecule has 3 aliphatic carbocycles. The molecule has 3 heterocycles. The first-order chi connectivity index (χ1) is 30.8. The van der Waals surface area contributed by atoms with E-state index in [4.69, 9.17) is 47.6 Å². The molecule has 14 heteroatoms. The Morgan fingerprint density at radius 1 is 0.938 bits per heavy atom. The van der Waals surface area contributed by atoms with E-state index in [1.165, 1.54) is 4.88 Å². The Morgan fingerprint density at radius 3 is 2.36 bits per heavy atom. The van der Waals surface area contributed by atoms with Gasteiger partial charge in [-0.2, -0.15) is 0 Å². The highest BCUT2D eigenvalue weighted by atomic mass is 32.1. The summed E-state index contributed by atoms with van der Waals surface area (Å²) in [7, 11) is 10.8. The third-order valence-electron chi connectivity index (χ3n) is 15.0. The van der Waals surface area contributed by atoms with Crippen molar-refractivity contribution >= 4 is 23.1 Å². The van der Waals surface area contributed by atoms with Crippen LogP contribution in [0.4, 0.5) is 0 Å². The monoisotopic (exact) mass is 911 g/mol. The minimum absolute atomic E-state index is 0.00160. The summed E-state index contributed by atoms with van der Waals surface area (Å²) in [6.45, 7) is 10.4. The van der Waals surface area contributed by atoms with Crippen molar-refractivity contribution < 1.29 is 52.2 Å². The van der Waals surface area contributed by atoms with Gasteiger partial charge in [-0.25, -0.2) is 4.98 Å². The van der Waals surface area contributed by atoms with Gasteiger partial charge >= 0.3 is 5.97 Å². The van der Waals surface area contributed by atoms with E-state index in [-0.39, 0.29) is 78.5 Å². The minimum atomic E-state index is -0.711. The second-order valence-corrected chi connectivity index (χ2v) is 20.1. The molecule has 5 aliphatic rings. The second kappa shape index (κ2) is 21.9. The lowest BCUT2D eigenvalue weighted by atomic mass is 9.67. The molecule has 0 bridgehead atoms. The van der Waals surface area contributed by atoms with E-state index < -0.39 is 30.5 Å². The molecular weight excluding hydrogens is 837 g/mol. The van der Waals surface area contributed by atoms with Gasteiger partial charge in [-0.05, 0) is 128 Å². The summed E-state index contributed by atoms with van der Waals surface area (Å²) in [4.78, 5) is 38.2. The number of hydrogen-bond acceptors (Lipinski definition) is 14. The number of hydrogen-bond donors (Lipinski definition) is 0. The standard InChI is InChI=1S/C50H74N2O11S/c1-12-32-14-13-15-41(63-44-21-20-40(52(6)7)30(5)59-44)27(2)47(54)38-24-36-35-22-34(62-50(42(58-11)26-55-8)60-29(4)28(3)56-9)23-39(35)48-46(45(36)37(38)25-43(53)61-32)51-49(64-48)31-16-18-33(57-10)19-17-31/h16-19,24,27-30,32,34-37,39-42,44-45,50H,12-15,20-23,25-26H2,1-11H3/t27-,28-,29?,30?,32+,34+,35+,36+,37-,39-,40+,41+,42+,44+,45-,50?/m1/s1. The molecule has 3 unspecified atom stereocenters. The summed E-state index contributed by atoms with van der Waals surface area (Å²) in [5, 5.41) is 0.904. The molecule has 13 nitrogen and oxygen atoms in total. The van der Waals surface area contributed by atoms with Crippen LogP contribution < -0.4 is 4.74 Å². The molecule has 1 saturated carbocycles. The number of aromatic nitrogens is 1. The molecule has 16 atom stereocenters. The summed E-state index contributed by atoms with van der Waals surface area (Å²) in [5.41, 5.74) is 2.67. The van der Waals surface area contributed by atoms with Crippen molar-refractivity contribution in [3.05, 3.63) is 46.5 Å². The normalized spacial score (nSPS) is 34.0. The molecule has 0 spiro atoms. The Hall–Kier alpha value is -2.79. The lowest BCUT2D eigenvalue weighted by molar-refractivity contribution is -0.255. The number of rotatable bonds is 16. The molecular formula is C50H74N2O11S. The number of methoxy groups -OCH3 is 4. The Labute approximate surface area is 385 Å². The second-order valence-electron chi connectivity index (χ2n) is 19.1. The molecule has 0 radical (unpaired) electrons. The van der Waals surface area contributed by atoms with Gasteiger partial charge in [-0.1, -0.05) is 19.9 Å². The predicted octanol–water partition coefficient (Wildman–Crippen LogP) is 8.34. The zero-order valence-corrected chi connectivity index (χ0v) is 40.8. The molecule has 1 aromatic heterocycles. The minimum Gasteiger partial charge on any atom is -0.497 e. The van der Waals surface area contributed by atoms with E-state index in [1.807, 2.05) is 45.0 Å². The number of carbonyl (C=O) groups excluding carboxylic acids is 2. The van der Waals surface area contributed by atoms with E-state index in [9.17, 15) is 4.79 Å².